The van der Waals surface area contributed by atoms with E-state index in [4.69, 9.17) is 0 Å². The minimum atomic E-state index is -2.90. The number of hydrogen-bond acceptors (Lipinski definition) is 3. The first-order chi connectivity index (χ1) is 7.91. The van der Waals surface area contributed by atoms with Gasteiger partial charge in [0, 0.05) is 31.3 Å². The van der Waals surface area contributed by atoms with Crippen molar-refractivity contribution in [1.29, 1.82) is 0 Å². The summed E-state index contributed by atoms with van der Waals surface area (Å²) in [6, 6.07) is 0. The van der Waals surface area contributed by atoms with Gasteiger partial charge >= 0.3 is 0 Å². The smallest absolute Gasteiger partial charge is 0.191 e. The molecule has 6 heteroatoms. The van der Waals surface area contributed by atoms with Crippen LogP contribution in [0.3, 0.4) is 0 Å². The summed E-state index contributed by atoms with van der Waals surface area (Å²) in [5, 5.41) is 6.27. The van der Waals surface area contributed by atoms with Crippen LogP contribution in [0.1, 0.15) is 26.7 Å². The Morgan fingerprint density at radius 1 is 1.24 bits per heavy atom. The largest absolute Gasteiger partial charge is 0.357 e. The maximum Gasteiger partial charge on any atom is 0.191 e. The molecule has 1 rings (SSSR count). The van der Waals surface area contributed by atoms with E-state index in [0.717, 1.165) is 31.9 Å². The van der Waals surface area contributed by atoms with Crippen LogP contribution in [0.15, 0.2) is 4.99 Å². The van der Waals surface area contributed by atoms with Gasteiger partial charge in [0.2, 0.25) is 0 Å². The lowest BCUT2D eigenvalue weighted by atomic mass is 10.1. The lowest BCUT2D eigenvalue weighted by molar-refractivity contribution is 0.550. The fourth-order valence-corrected chi connectivity index (χ4v) is 3.33. The average molecular weight is 261 g/mol. The Morgan fingerprint density at radius 2 is 1.76 bits per heavy atom. The Balaban J connectivity index is 2.55. The molecule has 0 spiro atoms. The molecule has 17 heavy (non-hydrogen) atoms. The summed E-state index contributed by atoms with van der Waals surface area (Å²) < 4.78 is 22.6. The maximum atomic E-state index is 11.3. The molecule has 0 aliphatic heterocycles. The molecule has 5 nitrogen and oxygen atoms in total. The lowest BCUT2D eigenvalue weighted by Crippen LogP contribution is -2.37. The average Bonchev–Trinajstić information content (AvgIpc) is 2.93. The van der Waals surface area contributed by atoms with Crippen LogP contribution in [0.4, 0.5) is 0 Å². The van der Waals surface area contributed by atoms with Gasteiger partial charge in [0.15, 0.2) is 5.96 Å². The molecule has 0 amide bonds. The van der Waals surface area contributed by atoms with Gasteiger partial charge in [0.05, 0.1) is 5.75 Å². The van der Waals surface area contributed by atoms with Crippen molar-refractivity contribution >= 4 is 15.8 Å². The van der Waals surface area contributed by atoms with Crippen LogP contribution < -0.4 is 10.6 Å². The summed E-state index contributed by atoms with van der Waals surface area (Å²) in [4.78, 5) is 4.45. The SMILES string of the molecule is CCNC(=NCC1(CS(C)(=O)=O)CC1)NCC. The van der Waals surface area contributed by atoms with Crippen LogP contribution in [0.5, 0.6) is 0 Å². The van der Waals surface area contributed by atoms with E-state index in [1.54, 1.807) is 0 Å². The highest BCUT2D eigenvalue weighted by Crippen LogP contribution is 2.46. The van der Waals surface area contributed by atoms with E-state index in [1.165, 1.54) is 6.26 Å². The number of aliphatic imine (C=N–C) groups is 1. The standard InChI is InChI=1S/C11H23N3O2S/c1-4-12-10(13-5-2)14-8-11(6-7-11)9-17(3,15)16/h4-9H2,1-3H3,(H2,12,13,14). The number of sulfone groups is 1. The minimum Gasteiger partial charge on any atom is -0.357 e. The molecule has 1 aliphatic rings. The second-order valence-corrected chi connectivity index (χ2v) is 6.94. The summed E-state index contributed by atoms with van der Waals surface area (Å²) in [6.07, 6.45) is 3.23. The first-order valence-electron chi connectivity index (χ1n) is 6.11. The van der Waals surface area contributed by atoms with Crippen molar-refractivity contribution in [2.75, 3.05) is 31.6 Å². The van der Waals surface area contributed by atoms with Crippen molar-refractivity contribution in [3.8, 4) is 0 Å². The molecule has 0 unspecified atom stereocenters. The Morgan fingerprint density at radius 3 is 2.12 bits per heavy atom. The highest BCUT2D eigenvalue weighted by atomic mass is 32.2. The Hall–Kier alpha value is -0.780. The summed E-state index contributed by atoms with van der Waals surface area (Å²) in [7, 11) is -2.90. The molecule has 2 N–H and O–H groups in total. The molecule has 1 fully saturated rings. The topological polar surface area (TPSA) is 70.6 Å². The number of rotatable bonds is 6. The van der Waals surface area contributed by atoms with Gasteiger partial charge < -0.3 is 10.6 Å². The molecule has 0 aromatic heterocycles. The van der Waals surface area contributed by atoms with Crippen molar-refractivity contribution in [1.82, 2.24) is 10.6 Å². The maximum absolute atomic E-state index is 11.3. The fourth-order valence-electron chi connectivity index (χ4n) is 1.84. The number of hydrogen-bond donors (Lipinski definition) is 2. The number of nitrogens with one attached hydrogen (secondary N) is 2. The Labute approximate surface area is 104 Å². The van der Waals surface area contributed by atoms with Crippen molar-refractivity contribution < 1.29 is 8.42 Å². The van der Waals surface area contributed by atoms with Crippen LogP contribution in [0.2, 0.25) is 0 Å². The highest BCUT2D eigenvalue weighted by molar-refractivity contribution is 7.90. The molecule has 0 aromatic rings. The van der Waals surface area contributed by atoms with Crippen molar-refractivity contribution in [3.05, 3.63) is 0 Å². The Kier molecular flexibility index (Phi) is 4.80. The van der Waals surface area contributed by atoms with Crippen molar-refractivity contribution in [2.24, 2.45) is 10.4 Å². The van der Waals surface area contributed by atoms with Crippen LogP contribution in [0, 0.1) is 5.41 Å². The fraction of sp³-hybridized carbons (Fsp3) is 0.909. The molecule has 0 aromatic carbocycles. The molecule has 100 valence electrons. The van der Waals surface area contributed by atoms with Gasteiger partial charge in [0.25, 0.3) is 0 Å². The third-order valence-corrected chi connectivity index (χ3v) is 3.92. The third-order valence-electron chi connectivity index (χ3n) is 2.79. The second-order valence-electron chi connectivity index (χ2n) is 4.80. The van der Waals surface area contributed by atoms with Crippen molar-refractivity contribution in [2.45, 2.75) is 26.7 Å². The first-order valence-corrected chi connectivity index (χ1v) is 8.17. The van der Waals surface area contributed by atoms with Gasteiger partial charge in [-0.3, -0.25) is 4.99 Å². The first kappa shape index (κ1) is 14.3. The highest BCUT2D eigenvalue weighted by Gasteiger charge is 2.45. The summed E-state index contributed by atoms with van der Waals surface area (Å²) >= 11 is 0. The minimum absolute atomic E-state index is 0.0936. The normalized spacial score (nSPS) is 17.4. The molecule has 0 atom stereocenters. The predicted octanol–water partition coefficient (Wildman–Crippen LogP) is 0.386. The molecule has 0 bridgehead atoms. The van der Waals surface area contributed by atoms with Crippen molar-refractivity contribution in [3.63, 3.8) is 0 Å². The van der Waals surface area contributed by atoms with E-state index < -0.39 is 9.84 Å². The molecular formula is C11H23N3O2S. The summed E-state index contributed by atoms with van der Waals surface area (Å²) in [6.45, 7) is 6.23. The molecule has 0 radical (unpaired) electrons. The van der Waals surface area contributed by atoms with Gasteiger partial charge in [-0.2, -0.15) is 0 Å². The van der Waals surface area contributed by atoms with E-state index in [0.29, 0.717) is 6.54 Å². The molecular weight excluding hydrogens is 238 g/mol. The van der Waals surface area contributed by atoms with Crippen LogP contribution >= 0.6 is 0 Å². The third kappa shape index (κ3) is 5.39. The zero-order chi connectivity index (χ0) is 12.9. The van der Waals surface area contributed by atoms with Gasteiger partial charge in [-0.15, -0.1) is 0 Å². The van der Waals surface area contributed by atoms with Gasteiger partial charge in [-0.05, 0) is 26.7 Å². The van der Waals surface area contributed by atoms with Gasteiger partial charge in [-0.25, -0.2) is 8.42 Å². The van der Waals surface area contributed by atoms with E-state index in [-0.39, 0.29) is 11.2 Å². The predicted molar refractivity (Wildman–Crippen MR) is 71.0 cm³/mol. The second kappa shape index (κ2) is 5.71. The number of nitrogens with zero attached hydrogens (tertiary/aromatic N) is 1. The van der Waals surface area contributed by atoms with Crippen LogP contribution in [-0.4, -0.2) is 46.0 Å². The zero-order valence-corrected chi connectivity index (χ0v) is 11.7. The van der Waals surface area contributed by atoms with E-state index in [9.17, 15) is 8.42 Å². The molecule has 0 saturated heterocycles. The van der Waals surface area contributed by atoms with E-state index in [1.807, 2.05) is 13.8 Å². The molecule has 0 heterocycles. The van der Waals surface area contributed by atoms with E-state index >= 15 is 0 Å². The Bertz CT molecular complexity index is 364. The summed E-state index contributed by atoms with van der Waals surface area (Å²) in [5.41, 5.74) is -0.0936. The lowest BCUT2D eigenvalue weighted by Gasteiger charge is -2.13. The summed E-state index contributed by atoms with van der Waals surface area (Å²) in [5.74, 6) is 1.03. The monoisotopic (exact) mass is 261 g/mol. The number of guanidine groups is 1. The van der Waals surface area contributed by atoms with Gasteiger partial charge in [-0.1, -0.05) is 0 Å². The molecule has 1 aliphatic carbocycles. The zero-order valence-electron chi connectivity index (χ0n) is 10.9. The van der Waals surface area contributed by atoms with Gasteiger partial charge in [0.1, 0.15) is 9.84 Å². The quantitative estimate of drug-likeness (QED) is 0.536. The van der Waals surface area contributed by atoms with Crippen LogP contribution in [0.25, 0.3) is 0 Å². The van der Waals surface area contributed by atoms with E-state index in [2.05, 4.69) is 15.6 Å². The molecule has 1 saturated carbocycles. The van der Waals surface area contributed by atoms with Crippen LogP contribution in [-0.2, 0) is 9.84 Å².